The Kier molecular flexibility index (Phi) is 5.23. The summed E-state index contributed by atoms with van der Waals surface area (Å²) in [6, 6.07) is 15.4. The van der Waals surface area contributed by atoms with Crippen molar-refractivity contribution in [3.63, 3.8) is 0 Å². The van der Waals surface area contributed by atoms with Gasteiger partial charge in [0.1, 0.15) is 12.4 Å². The maximum Gasteiger partial charge on any atom is 0.249 e. The minimum absolute atomic E-state index is 0.0424. The summed E-state index contributed by atoms with van der Waals surface area (Å²) < 4.78 is 18.6. The Labute approximate surface area is 140 Å². The van der Waals surface area contributed by atoms with Crippen LogP contribution in [0.25, 0.3) is 0 Å². The third-order valence-corrected chi connectivity index (χ3v) is 4.19. The van der Waals surface area contributed by atoms with Gasteiger partial charge in [-0.1, -0.05) is 42.5 Å². The Morgan fingerprint density at radius 3 is 2.58 bits per heavy atom. The van der Waals surface area contributed by atoms with Gasteiger partial charge < -0.3 is 14.7 Å². The number of carbonyl (C=O) groups excluding carboxylic acids is 1. The Morgan fingerprint density at radius 2 is 1.88 bits per heavy atom. The molecular formula is C19H20FNO3. The van der Waals surface area contributed by atoms with E-state index in [0.29, 0.717) is 13.0 Å². The molecule has 0 radical (unpaired) electrons. The number of hydrogen-bond acceptors (Lipinski definition) is 3. The SMILES string of the molecule is O=C(COCc1ccccc1)N1C[C@@H](O)C[C@@H]1c1ccc(F)cc1. The lowest BCUT2D eigenvalue weighted by Gasteiger charge is -2.24. The second-order valence-electron chi connectivity index (χ2n) is 5.98. The molecule has 2 aromatic rings. The van der Waals surface area contributed by atoms with E-state index in [1.54, 1.807) is 17.0 Å². The van der Waals surface area contributed by atoms with Crippen LogP contribution in [0.15, 0.2) is 54.6 Å². The van der Waals surface area contributed by atoms with Gasteiger partial charge in [-0.15, -0.1) is 0 Å². The van der Waals surface area contributed by atoms with E-state index >= 15 is 0 Å². The molecule has 0 aliphatic carbocycles. The van der Waals surface area contributed by atoms with Crippen molar-refractivity contribution >= 4 is 5.91 Å². The second-order valence-corrected chi connectivity index (χ2v) is 5.98. The van der Waals surface area contributed by atoms with Crippen LogP contribution in [0.5, 0.6) is 0 Å². The molecule has 0 spiro atoms. The van der Waals surface area contributed by atoms with Crippen LogP contribution in [0.2, 0.25) is 0 Å². The van der Waals surface area contributed by atoms with E-state index in [2.05, 4.69) is 0 Å². The number of nitrogens with zero attached hydrogens (tertiary/aromatic N) is 1. The lowest BCUT2D eigenvalue weighted by atomic mass is 10.0. The van der Waals surface area contributed by atoms with Crippen molar-refractivity contribution in [3.8, 4) is 0 Å². The number of carbonyl (C=O) groups is 1. The zero-order chi connectivity index (χ0) is 16.9. The van der Waals surface area contributed by atoms with E-state index in [0.717, 1.165) is 11.1 Å². The summed E-state index contributed by atoms with van der Waals surface area (Å²) in [6.07, 6.45) is -0.117. The summed E-state index contributed by atoms with van der Waals surface area (Å²) in [4.78, 5) is 14.1. The number of ether oxygens (including phenoxy) is 1. The number of likely N-dealkylation sites (tertiary alicyclic amines) is 1. The molecule has 1 aliphatic rings. The van der Waals surface area contributed by atoms with E-state index in [4.69, 9.17) is 4.74 Å². The fourth-order valence-corrected chi connectivity index (χ4v) is 3.00. The molecule has 3 rings (SSSR count). The monoisotopic (exact) mass is 329 g/mol. The standard InChI is InChI=1S/C19H20FNO3/c20-16-8-6-15(7-9-16)18-10-17(22)11-21(18)19(23)13-24-12-14-4-2-1-3-5-14/h1-9,17-18,22H,10-13H2/t17-,18+/m0/s1. The molecule has 0 bridgehead atoms. The number of benzene rings is 2. The number of β-amino-alcohol motifs (C(OH)–C–C–N with tert-alkyl or cyclic N) is 1. The highest BCUT2D eigenvalue weighted by Gasteiger charge is 2.35. The molecule has 24 heavy (non-hydrogen) atoms. The maximum atomic E-state index is 13.1. The summed E-state index contributed by atoms with van der Waals surface area (Å²) >= 11 is 0. The van der Waals surface area contributed by atoms with Gasteiger partial charge in [-0.2, -0.15) is 0 Å². The fourth-order valence-electron chi connectivity index (χ4n) is 3.00. The molecule has 1 fully saturated rings. The topological polar surface area (TPSA) is 49.8 Å². The van der Waals surface area contributed by atoms with Gasteiger partial charge >= 0.3 is 0 Å². The zero-order valence-corrected chi connectivity index (χ0v) is 13.3. The van der Waals surface area contributed by atoms with Gasteiger partial charge in [0.15, 0.2) is 0 Å². The fraction of sp³-hybridized carbons (Fsp3) is 0.316. The molecule has 0 saturated carbocycles. The van der Waals surface area contributed by atoms with Crippen molar-refractivity contribution in [3.05, 3.63) is 71.5 Å². The lowest BCUT2D eigenvalue weighted by molar-refractivity contribution is -0.137. The van der Waals surface area contributed by atoms with Gasteiger partial charge in [0, 0.05) is 6.54 Å². The summed E-state index contributed by atoms with van der Waals surface area (Å²) in [5, 5.41) is 9.93. The number of amides is 1. The lowest BCUT2D eigenvalue weighted by Crippen LogP contribution is -2.34. The molecule has 4 nitrogen and oxygen atoms in total. The largest absolute Gasteiger partial charge is 0.391 e. The third kappa shape index (κ3) is 3.99. The molecule has 1 heterocycles. The van der Waals surface area contributed by atoms with Crippen LogP contribution in [-0.2, 0) is 16.1 Å². The molecule has 1 N–H and O–H groups in total. The van der Waals surface area contributed by atoms with Crippen molar-refractivity contribution < 1.29 is 19.0 Å². The first kappa shape index (κ1) is 16.6. The minimum atomic E-state index is -0.571. The Morgan fingerprint density at radius 1 is 1.17 bits per heavy atom. The van der Waals surface area contributed by atoms with Crippen LogP contribution >= 0.6 is 0 Å². The highest BCUT2D eigenvalue weighted by atomic mass is 19.1. The molecule has 1 saturated heterocycles. The number of aliphatic hydroxyl groups is 1. The van der Waals surface area contributed by atoms with Gasteiger partial charge in [-0.05, 0) is 29.7 Å². The number of halogens is 1. The average molecular weight is 329 g/mol. The van der Waals surface area contributed by atoms with E-state index < -0.39 is 6.10 Å². The second kappa shape index (κ2) is 7.55. The van der Waals surface area contributed by atoms with Crippen molar-refractivity contribution in [2.45, 2.75) is 25.2 Å². The van der Waals surface area contributed by atoms with E-state index in [1.165, 1.54) is 12.1 Å². The summed E-state index contributed by atoms with van der Waals surface area (Å²) in [5.74, 6) is -0.488. The van der Waals surface area contributed by atoms with Crippen molar-refractivity contribution in [2.75, 3.05) is 13.2 Å². The molecule has 2 atom stereocenters. The highest BCUT2D eigenvalue weighted by molar-refractivity contribution is 5.78. The summed E-state index contributed by atoms with van der Waals surface area (Å²) in [5.41, 5.74) is 1.83. The molecule has 126 valence electrons. The minimum Gasteiger partial charge on any atom is -0.391 e. The maximum absolute atomic E-state index is 13.1. The molecular weight excluding hydrogens is 309 g/mol. The van der Waals surface area contributed by atoms with Gasteiger partial charge in [0.2, 0.25) is 5.91 Å². The van der Waals surface area contributed by atoms with Crippen LogP contribution in [0, 0.1) is 5.82 Å². The Hall–Kier alpha value is -2.24. The van der Waals surface area contributed by atoms with Gasteiger partial charge in [0.25, 0.3) is 0 Å². The van der Waals surface area contributed by atoms with Gasteiger partial charge in [0.05, 0.1) is 18.8 Å². The van der Waals surface area contributed by atoms with Gasteiger partial charge in [-0.3, -0.25) is 4.79 Å². The van der Waals surface area contributed by atoms with E-state index in [9.17, 15) is 14.3 Å². The molecule has 2 aromatic carbocycles. The predicted octanol–water partition coefficient (Wildman–Crippen LogP) is 2.68. The van der Waals surface area contributed by atoms with E-state index in [-0.39, 0.29) is 30.9 Å². The normalized spacial score (nSPS) is 20.3. The van der Waals surface area contributed by atoms with Crippen molar-refractivity contribution in [1.29, 1.82) is 0 Å². The van der Waals surface area contributed by atoms with E-state index in [1.807, 2.05) is 30.3 Å². The molecule has 1 aliphatic heterocycles. The zero-order valence-electron chi connectivity index (χ0n) is 13.3. The summed E-state index contributed by atoms with van der Waals surface area (Å²) in [7, 11) is 0. The highest BCUT2D eigenvalue weighted by Crippen LogP contribution is 2.32. The predicted molar refractivity (Wildman–Crippen MR) is 87.6 cm³/mol. The number of rotatable bonds is 5. The third-order valence-electron chi connectivity index (χ3n) is 4.19. The smallest absolute Gasteiger partial charge is 0.249 e. The van der Waals surface area contributed by atoms with Crippen LogP contribution in [0.1, 0.15) is 23.6 Å². The van der Waals surface area contributed by atoms with Crippen LogP contribution in [-0.4, -0.2) is 35.2 Å². The van der Waals surface area contributed by atoms with Crippen molar-refractivity contribution in [1.82, 2.24) is 4.90 Å². The average Bonchev–Trinajstić information content (AvgIpc) is 2.98. The van der Waals surface area contributed by atoms with Crippen LogP contribution in [0.3, 0.4) is 0 Å². The first-order chi connectivity index (χ1) is 11.6. The molecule has 5 heteroatoms. The van der Waals surface area contributed by atoms with Crippen LogP contribution < -0.4 is 0 Å². The number of aliphatic hydroxyl groups excluding tert-OH is 1. The quantitative estimate of drug-likeness (QED) is 0.917. The Bertz CT molecular complexity index is 675. The van der Waals surface area contributed by atoms with Gasteiger partial charge in [-0.25, -0.2) is 4.39 Å². The summed E-state index contributed by atoms with van der Waals surface area (Å²) in [6.45, 7) is 0.596. The van der Waals surface area contributed by atoms with Crippen molar-refractivity contribution in [2.24, 2.45) is 0 Å². The molecule has 0 aromatic heterocycles. The molecule has 1 amide bonds. The first-order valence-corrected chi connectivity index (χ1v) is 7.98. The Balaban J connectivity index is 1.60. The molecule has 0 unspecified atom stereocenters. The first-order valence-electron chi connectivity index (χ1n) is 7.98. The number of hydrogen-bond donors (Lipinski definition) is 1. The van der Waals surface area contributed by atoms with Crippen LogP contribution in [0.4, 0.5) is 4.39 Å².